The molecule has 0 radical (unpaired) electrons. The molecule has 86 valence electrons. The van der Waals surface area contributed by atoms with Gasteiger partial charge in [-0.05, 0) is 19.1 Å². The first-order chi connectivity index (χ1) is 7.33. The van der Waals surface area contributed by atoms with Gasteiger partial charge in [-0.2, -0.15) is 0 Å². The minimum absolute atomic E-state index is 0.104. The Morgan fingerprint density at radius 3 is 2.12 bits per heavy atom. The number of primary amides is 1. The molecule has 0 saturated heterocycles. The number of amides is 2. The fourth-order valence-electron chi connectivity index (χ4n) is 0.949. The van der Waals surface area contributed by atoms with Gasteiger partial charge in [0.1, 0.15) is 0 Å². The first-order valence-electron chi connectivity index (χ1n) is 4.26. The summed E-state index contributed by atoms with van der Waals surface area (Å²) in [4.78, 5) is 21.1. The van der Waals surface area contributed by atoms with E-state index in [4.69, 9.17) is 0 Å². The summed E-state index contributed by atoms with van der Waals surface area (Å²) in [5, 5.41) is 0. The van der Waals surface area contributed by atoms with Gasteiger partial charge in [0, 0.05) is 0 Å². The van der Waals surface area contributed by atoms with E-state index in [0.717, 1.165) is 5.56 Å². The molecule has 0 aliphatic carbocycles. The Bertz CT molecular complexity index is 519. The Balaban J connectivity index is 2.99. The van der Waals surface area contributed by atoms with Crippen molar-refractivity contribution in [2.24, 2.45) is 5.73 Å². The summed E-state index contributed by atoms with van der Waals surface area (Å²) in [6, 6.07) is 5.80. The highest BCUT2D eigenvalue weighted by Gasteiger charge is 2.20. The van der Waals surface area contributed by atoms with Gasteiger partial charge in [-0.25, -0.2) is 13.1 Å². The number of aryl methyl sites for hydroxylation is 1. The molecule has 0 fully saturated rings. The number of hydrogen-bond acceptors (Lipinski definition) is 4. The molecule has 1 aromatic rings. The number of benzene rings is 1. The average molecular weight is 242 g/mol. The van der Waals surface area contributed by atoms with E-state index < -0.39 is 21.8 Å². The van der Waals surface area contributed by atoms with Gasteiger partial charge in [-0.15, -0.1) is 0 Å². The van der Waals surface area contributed by atoms with Gasteiger partial charge in [0.2, 0.25) is 0 Å². The van der Waals surface area contributed by atoms with Crippen LogP contribution in [0.25, 0.3) is 0 Å². The summed E-state index contributed by atoms with van der Waals surface area (Å²) in [6.07, 6.45) is 0. The number of hydrogen-bond donors (Lipinski definition) is 2. The number of nitrogens with two attached hydrogens (primary N) is 1. The zero-order valence-corrected chi connectivity index (χ0v) is 9.24. The van der Waals surface area contributed by atoms with E-state index >= 15 is 0 Å². The topological polar surface area (TPSA) is 106 Å². The van der Waals surface area contributed by atoms with Crippen LogP contribution < -0.4 is 10.5 Å². The van der Waals surface area contributed by atoms with Crippen molar-refractivity contribution in [3.8, 4) is 0 Å². The van der Waals surface area contributed by atoms with Crippen molar-refractivity contribution in [1.29, 1.82) is 0 Å². The summed E-state index contributed by atoms with van der Waals surface area (Å²) < 4.78 is 24.6. The molecule has 2 amide bonds. The van der Waals surface area contributed by atoms with Gasteiger partial charge < -0.3 is 5.73 Å². The van der Waals surface area contributed by atoms with Crippen molar-refractivity contribution in [3.63, 3.8) is 0 Å². The number of nitrogens with one attached hydrogen (secondary N) is 1. The maximum Gasteiger partial charge on any atom is 0.322 e. The standard InChI is InChI=1S/C9H10N2O4S/c1-6-2-4-7(5-3-6)16(14,15)11-9(13)8(10)12/h2-5H,1H3,(H2,10,12)(H,11,13). The minimum Gasteiger partial charge on any atom is -0.361 e. The van der Waals surface area contributed by atoms with E-state index in [1.807, 2.05) is 0 Å². The third kappa shape index (κ3) is 2.80. The van der Waals surface area contributed by atoms with Crippen molar-refractivity contribution in [1.82, 2.24) is 4.72 Å². The maximum atomic E-state index is 11.5. The fraction of sp³-hybridized carbons (Fsp3) is 0.111. The van der Waals surface area contributed by atoms with E-state index in [-0.39, 0.29) is 4.90 Å². The van der Waals surface area contributed by atoms with E-state index in [2.05, 4.69) is 5.73 Å². The highest BCUT2D eigenvalue weighted by Crippen LogP contribution is 2.09. The van der Waals surface area contributed by atoms with Crippen LogP contribution in [0.5, 0.6) is 0 Å². The summed E-state index contributed by atoms with van der Waals surface area (Å²) in [6.45, 7) is 1.79. The predicted octanol–water partition coefficient (Wildman–Crippen LogP) is -0.715. The Hall–Kier alpha value is -1.89. The second kappa shape index (κ2) is 4.31. The Morgan fingerprint density at radius 1 is 1.19 bits per heavy atom. The van der Waals surface area contributed by atoms with Crippen LogP contribution in [0.4, 0.5) is 0 Å². The summed E-state index contributed by atoms with van der Waals surface area (Å²) >= 11 is 0. The Kier molecular flexibility index (Phi) is 3.28. The maximum absolute atomic E-state index is 11.5. The molecule has 0 bridgehead atoms. The fourth-order valence-corrected chi connectivity index (χ4v) is 1.91. The van der Waals surface area contributed by atoms with Crippen LogP contribution in [0.3, 0.4) is 0 Å². The number of carbonyl (C=O) groups is 2. The first-order valence-corrected chi connectivity index (χ1v) is 5.74. The number of carbonyl (C=O) groups excluding carboxylic acids is 2. The summed E-state index contributed by atoms with van der Waals surface area (Å²) in [5.74, 6) is -2.71. The predicted molar refractivity (Wildman–Crippen MR) is 55.7 cm³/mol. The van der Waals surface area contributed by atoms with E-state index in [9.17, 15) is 18.0 Å². The van der Waals surface area contributed by atoms with Crippen molar-refractivity contribution >= 4 is 21.8 Å². The van der Waals surface area contributed by atoms with Crippen LogP contribution in [-0.4, -0.2) is 20.2 Å². The van der Waals surface area contributed by atoms with E-state index in [0.29, 0.717) is 0 Å². The molecule has 0 aromatic heterocycles. The first kappa shape index (κ1) is 12.2. The Labute approximate surface area is 92.5 Å². The lowest BCUT2D eigenvalue weighted by atomic mass is 10.2. The number of sulfonamides is 1. The second-order valence-electron chi connectivity index (χ2n) is 3.11. The van der Waals surface area contributed by atoms with Crippen LogP contribution in [0.2, 0.25) is 0 Å². The zero-order valence-electron chi connectivity index (χ0n) is 8.43. The average Bonchev–Trinajstić information content (AvgIpc) is 2.17. The molecular formula is C9H10N2O4S. The van der Waals surface area contributed by atoms with Gasteiger partial charge in [-0.3, -0.25) is 9.59 Å². The summed E-state index contributed by atoms with van der Waals surface area (Å²) in [5.41, 5.74) is 5.51. The third-order valence-electron chi connectivity index (χ3n) is 1.78. The lowest BCUT2D eigenvalue weighted by molar-refractivity contribution is -0.136. The third-order valence-corrected chi connectivity index (χ3v) is 3.13. The van der Waals surface area contributed by atoms with Gasteiger partial charge in [0.05, 0.1) is 4.90 Å². The molecule has 1 aromatic carbocycles. The normalized spacial score (nSPS) is 10.8. The molecule has 0 spiro atoms. The zero-order chi connectivity index (χ0) is 12.3. The van der Waals surface area contributed by atoms with Crippen LogP contribution >= 0.6 is 0 Å². The molecule has 0 atom stereocenters. The highest BCUT2D eigenvalue weighted by atomic mass is 32.2. The molecule has 6 nitrogen and oxygen atoms in total. The lowest BCUT2D eigenvalue weighted by Gasteiger charge is -2.04. The number of rotatable bonds is 2. The molecule has 0 unspecified atom stereocenters. The Morgan fingerprint density at radius 2 is 1.69 bits per heavy atom. The van der Waals surface area contributed by atoms with Gasteiger partial charge >= 0.3 is 11.8 Å². The van der Waals surface area contributed by atoms with Gasteiger partial charge in [-0.1, -0.05) is 17.7 Å². The molecule has 7 heteroatoms. The van der Waals surface area contributed by atoms with Crippen molar-refractivity contribution in [2.45, 2.75) is 11.8 Å². The van der Waals surface area contributed by atoms with E-state index in [1.54, 1.807) is 23.8 Å². The molecule has 0 heterocycles. The molecule has 0 aliphatic rings. The van der Waals surface area contributed by atoms with Crippen LogP contribution in [-0.2, 0) is 19.6 Å². The minimum atomic E-state index is -4.02. The SMILES string of the molecule is Cc1ccc(S(=O)(=O)NC(=O)C(N)=O)cc1. The highest BCUT2D eigenvalue weighted by molar-refractivity contribution is 7.90. The molecular weight excluding hydrogens is 232 g/mol. The van der Waals surface area contributed by atoms with Crippen LogP contribution in [0, 0.1) is 6.92 Å². The lowest BCUT2D eigenvalue weighted by Crippen LogP contribution is -2.39. The van der Waals surface area contributed by atoms with Crippen LogP contribution in [0.1, 0.15) is 5.56 Å². The second-order valence-corrected chi connectivity index (χ2v) is 4.79. The molecule has 0 aliphatic heterocycles. The molecule has 3 N–H and O–H groups in total. The molecule has 0 saturated carbocycles. The van der Waals surface area contributed by atoms with Crippen LogP contribution in [0.15, 0.2) is 29.2 Å². The largest absolute Gasteiger partial charge is 0.361 e. The summed E-state index contributed by atoms with van der Waals surface area (Å²) in [7, 11) is -4.02. The van der Waals surface area contributed by atoms with Crippen molar-refractivity contribution in [3.05, 3.63) is 29.8 Å². The molecule has 1 rings (SSSR count). The van der Waals surface area contributed by atoms with Crippen molar-refractivity contribution in [2.75, 3.05) is 0 Å². The van der Waals surface area contributed by atoms with Crippen molar-refractivity contribution < 1.29 is 18.0 Å². The monoisotopic (exact) mass is 242 g/mol. The van der Waals surface area contributed by atoms with Gasteiger partial charge in [0.25, 0.3) is 10.0 Å². The molecule has 16 heavy (non-hydrogen) atoms. The van der Waals surface area contributed by atoms with E-state index in [1.165, 1.54) is 12.1 Å². The smallest absolute Gasteiger partial charge is 0.322 e. The van der Waals surface area contributed by atoms with Gasteiger partial charge in [0.15, 0.2) is 0 Å². The quantitative estimate of drug-likeness (QED) is 0.668.